The average molecular weight is 376 g/mol. The number of aromatic nitrogens is 2. The Labute approximate surface area is 164 Å². The van der Waals surface area contributed by atoms with Crippen molar-refractivity contribution in [1.82, 2.24) is 9.97 Å². The molecule has 1 aliphatic heterocycles. The average Bonchev–Trinajstić information content (AvgIpc) is 2.71. The first kappa shape index (κ1) is 18.2. The highest BCUT2D eigenvalue weighted by atomic mass is 16.5. The van der Waals surface area contributed by atoms with E-state index in [1.807, 2.05) is 13.0 Å². The van der Waals surface area contributed by atoms with Gasteiger partial charge in [-0.3, -0.25) is 0 Å². The second kappa shape index (κ2) is 7.11. The van der Waals surface area contributed by atoms with Gasteiger partial charge in [-0.05, 0) is 61.7 Å². The fraction of sp³-hybridized carbons (Fsp3) is 0.318. The van der Waals surface area contributed by atoms with Crippen molar-refractivity contribution >= 4 is 34.2 Å². The van der Waals surface area contributed by atoms with Gasteiger partial charge in [0.25, 0.3) is 0 Å². The summed E-state index contributed by atoms with van der Waals surface area (Å²) < 4.78 is 4.83. The van der Waals surface area contributed by atoms with Crippen LogP contribution in [0, 0.1) is 6.92 Å². The first-order valence-corrected chi connectivity index (χ1v) is 9.42. The summed E-state index contributed by atoms with van der Waals surface area (Å²) in [5, 5.41) is 0. The van der Waals surface area contributed by atoms with E-state index in [1.165, 1.54) is 24.0 Å². The molecule has 0 amide bonds. The summed E-state index contributed by atoms with van der Waals surface area (Å²) in [4.78, 5) is 25.8. The van der Waals surface area contributed by atoms with Crippen LogP contribution in [0.3, 0.4) is 0 Å². The Morgan fingerprint density at radius 1 is 1.11 bits per heavy atom. The second-order valence-corrected chi connectivity index (χ2v) is 7.29. The van der Waals surface area contributed by atoms with Crippen molar-refractivity contribution in [3.63, 3.8) is 0 Å². The Bertz CT molecular complexity index is 1060. The van der Waals surface area contributed by atoms with Crippen LogP contribution in [0.4, 0.5) is 17.2 Å². The van der Waals surface area contributed by atoms with Gasteiger partial charge >= 0.3 is 5.97 Å². The summed E-state index contributed by atoms with van der Waals surface area (Å²) in [7, 11) is 5.49. The highest BCUT2D eigenvalue weighted by molar-refractivity contribution is 5.93. The molecular weight excluding hydrogens is 352 g/mol. The molecule has 0 atom stereocenters. The number of hydrogen-bond acceptors (Lipinski definition) is 6. The Balaban J connectivity index is 1.81. The predicted octanol–water partition coefficient (Wildman–Crippen LogP) is 3.88. The molecule has 1 aromatic heterocycles. The monoisotopic (exact) mass is 376 g/mol. The molecule has 0 saturated heterocycles. The van der Waals surface area contributed by atoms with Crippen LogP contribution >= 0.6 is 0 Å². The van der Waals surface area contributed by atoms with Crippen LogP contribution < -0.4 is 9.80 Å². The molecule has 1 aliphatic rings. The summed E-state index contributed by atoms with van der Waals surface area (Å²) in [6.07, 6.45) is 2.12. The molecule has 0 bridgehead atoms. The molecule has 6 nitrogen and oxygen atoms in total. The molecule has 0 unspecified atom stereocenters. The van der Waals surface area contributed by atoms with E-state index in [2.05, 4.69) is 42.1 Å². The fourth-order valence-corrected chi connectivity index (χ4v) is 3.72. The Morgan fingerprint density at radius 3 is 2.68 bits per heavy atom. The van der Waals surface area contributed by atoms with Gasteiger partial charge in [-0.1, -0.05) is 0 Å². The van der Waals surface area contributed by atoms with E-state index >= 15 is 0 Å². The van der Waals surface area contributed by atoms with E-state index in [1.54, 1.807) is 12.1 Å². The molecule has 144 valence electrons. The summed E-state index contributed by atoms with van der Waals surface area (Å²) in [6, 6.07) is 11.8. The number of esters is 1. The molecule has 4 rings (SSSR count). The molecule has 28 heavy (non-hydrogen) atoms. The zero-order valence-electron chi connectivity index (χ0n) is 16.7. The van der Waals surface area contributed by atoms with E-state index in [0.29, 0.717) is 11.1 Å². The van der Waals surface area contributed by atoms with E-state index < -0.39 is 0 Å². The minimum Gasteiger partial charge on any atom is -0.465 e. The third kappa shape index (κ3) is 3.15. The van der Waals surface area contributed by atoms with Crippen molar-refractivity contribution < 1.29 is 9.53 Å². The minimum atomic E-state index is -0.370. The second-order valence-electron chi connectivity index (χ2n) is 7.29. The Hall–Kier alpha value is -3.15. The molecule has 0 N–H and O–H groups in total. The molecule has 0 fully saturated rings. The highest BCUT2D eigenvalue weighted by Gasteiger charge is 2.22. The zero-order chi connectivity index (χ0) is 19.8. The molecule has 0 aliphatic carbocycles. The smallest absolute Gasteiger partial charge is 0.337 e. The summed E-state index contributed by atoms with van der Waals surface area (Å²) >= 11 is 0. The third-order valence-corrected chi connectivity index (χ3v) is 5.19. The van der Waals surface area contributed by atoms with Gasteiger partial charge < -0.3 is 14.5 Å². The van der Waals surface area contributed by atoms with Gasteiger partial charge in [0.15, 0.2) is 5.82 Å². The van der Waals surface area contributed by atoms with E-state index in [0.717, 1.165) is 36.4 Å². The van der Waals surface area contributed by atoms with Crippen molar-refractivity contribution in [1.29, 1.82) is 0 Å². The number of carbonyl (C=O) groups is 1. The number of carbonyl (C=O) groups excluding carboxylic acids is 1. The van der Waals surface area contributed by atoms with Gasteiger partial charge in [-0.25, -0.2) is 14.8 Å². The Kier molecular flexibility index (Phi) is 4.63. The lowest BCUT2D eigenvalue weighted by Crippen LogP contribution is -2.26. The summed E-state index contributed by atoms with van der Waals surface area (Å²) in [5.41, 5.74) is 6.52. The number of rotatable bonds is 3. The fourth-order valence-electron chi connectivity index (χ4n) is 3.72. The maximum atomic E-state index is 11.9. The molecular formula is C22H24N4O2. The molecule has 2 aromatic carbocycles. The standard InChI is InChI=1S/C22H24N4O2/c1-14-21(24-19-13-16(22(27)28-4)7-9-18(19)23-14)26-11-5-6-15-12-17(25(2)3)8-10-20(15)26/h7-10,12-13H,5-6,11H2,1-4H3. The number of aryl methyl sites for hydroxylation is 2. The van der Waals surface area contributed by atoms with Gasteiger partial charge in [0.2, 0.25) is 0 Å². The quantitative estimate of drug-likeness (QED) is 0.647. The van der Waals surface area contributed by atoms with Crippen LogP contribution in [0.25, 0.3) is 11.0 Å². The van der Waals surface area contributed by atoms with Crippen molar-refractivity contribution in [3.8, 4) is 0 Å². The van der Waals surface area contributed by atoms with E-state index in [4.69, 9.17) is 14.7 Å². The number of hydrogen-bond donors (Lipinski definition) is 0. The SMILES string of the molecule is COC(=O)c1ccc2nc(C)c(N3CCCc4cc(N(C)C)ccc43)nc2c1. The zero-order valence-corrected chi connectivity index (χ0v) is 16.7. The van der Waals surface area contributed by atoms with Crippen molar-refractivity contribution in [2.45, 2.75) is 19.8 Å². The van der Waals surface area contributed by atoms with Gasteiger partial charge in [-0.15, -0.1) is 0 Å². The van der Waals surface area contributed by atoms with Crippen LogP contribution in [-0.4, -0.2) is 43.7 Å². The van der Waals surface area contributed by atoms with Crippen LogP contribution in [0.1, 0.15) is 28.0 Å². The molecule has 6 heteroatoms. The summed E-state index contributed by atoms with van der Waals surface area (Å²) in [6.45, 7) is 2.88. The lowest BCUT2D eigenvalue weighted by atomic mass is 10.0. The maximum Gasteiger partial charge on any atom is 0.337 e. The molecule has 0 saturated carbocycles. The van der Waals surface area contributed by atoms with Crippen LogP contribution in [0.2, 0.25) is 0 Å². The first-order chi connectivity index (χ1) is 13.5. The van der Waals surface area contributed by atoms with Gasteiger partial charge in [0.1, 0.15) is 0 Å². The number of fused-ring (bicyclic) bond motifs is 2. The van der Waals surface area contributed by atoms with E-state index in [9.17, 15) is 4.79 Å². The normalized spacial score (nSPS) is 13.4. The lowest BCUT2D eigenvalue weighted by Gasteiger charge is -2.32. The molecule has 3 aromatic rings. The number of nitrogens with zero attached hydrogens (tertiary/aromatic N) is 4. The number of ether oxygens (including phenoxy) is 1. The van der Waals surface area contributed by atoms with Crippen LogP contribution in [0.5, 0.6) is 0 Å². The third-order valence-electron chi connectivity index (χ3n) is 5.19. The maximum absolute atomic E-state index is 11.9. The molecule has 0 spiro atoms. The lowest BCUT2D eigenvalue weighted by molar-refractivity contribution is 0.0601. The Morgan fingerprint density at radius 2 is 1.93 bits per heavy atom. The topological polar surface area (TPSA) is 58.6 Å². The van der Waals surface area contributed by atoms with Crippen molar-refractivity contribution in [2.75, 3.05) is 37.5 Å². The summed E-state index contributed by atoms with van der Waals surface area (Å²) in [5.74, 6) is 0.471. The van der Waals surface area contributed by atoms with Crippen LogP contribution in [0.15, 0.2) is 36.4 Å². The van der Waals surface area contributed by atoms with E-state index in [-0.39, 0.29) is 5.97 Å². The van der Waals surface area contributed by atoms with Gasteiger partial charge in [0, 0.05) is 32.0 Å². The van der Waals surface area contributed by atoms with Crippen molar-refractivity contribution in [3.05, 3.63) is 53.2 Å². The molecule has 0 radical (unpaired) electrons. The van der Waals surface area contributed by atoms with Gasteiger partial charge in [-0.2, -0.15) is 0 Å². The van der Waals surface area contributed by atoms with Crippen LogP contribution in [-0.2, 0) is 11.2 Å². The minimum absolute atomic E-state index is 0.370. The van der Waals surface area contributed by atoms with Gasteiger partial charge in [0.05, 0.1) is 29.4 Å². The number of anilines is 3. The first-order valence-electron chi connectivity index (χ1n) is 9.42. The predicted molar refractivity (Wildman–Crippen MR) is 112 cm³/mol. The largest absolute Gasteiger partial charge is 0.465 e. The van der Waals surface area contributed by atoms with Crippen molar-refractivity contribution in [2.24, 2.45) is 0 Å². The number of methoxy groups -OCH3 is 1. The highest BCUT2D eigenvalue weighted by Crippen LogP contribution is 2.36. The molecule has 2 heterocycles. The number of benzene rings is 2.